The number of amides is 1. The van der Waals surface area contributed by atoms with Gasteiger partial charge in [0.2, 0.25) is 0 Å². The summed E-state index contributed by atoms with van der Waals surface area (Å²) in [5.41, 5.74) is 6.17. The number of nitrogens with two attached hydrogens (primary N) is 1. The molecular weight excluding hydrogens is 527 g/mol. The molecule has 1 amide bonds. The Morgan fingerprint density at radius 2 is 2.21 bits per heavy atom. The van der Waals surface area contributed by atoms with Gasteiger partial charge in [-0.3, -0.25) is 4.79 Å². The average Bonchev–Trinajstić information content (AvgIpc) is 2.69. The zero-order chi connectivity index (χ0) is 20.6. The molecule has 0 aliphatic carbocycles. The summed E-state index contributed by atoms with van der Waals surface area (Å²) in [6.07, 6.45) is 2.31. The molecular formula is C19H17Br2FN4O2S. The summed E-state index contributed by atoms with van der Waals surface area (Å²) in [6.45, 7) is 0.872. The van der Waals surface area contributed by atoms with E-state index in [0.717, 1.165) is 16.6 Å². The molecule has 1 aromatic carbocycles. The number of halogens is 3. The molecule has 6 nitrogen and oxygen atoms in total. The Kier molecular flexibility index (Phi) is 5.97. The third kappa shape index (κ3) is 4.08. The number of carbonyl (C=O) groups excluding carboxylic acids is 1. The van der Waals surface area contributed by atoms with Crippen molar-refractivity contribution in [3.8, 4) is 0 Å². The first-order valence-corrected chi connectivity index (χ1v) is 11.4. The van der Waals surface area contributed by atoms with Crippen LogP contribution in [0.4, 0.5) is 10.1 Å². The van der Waals surface area contributed by atoms with Gasteiger partial charge in [0.25, 0.3) is 5.91 Å². The number of aromatic nitrogens is 1. The van der Waals surface area contributed by atoms with Gasteiger partial charge in [-0.15, -0.1) is 0 Å². The van der Waals surface area contributed by atoms with Crippen molar-refractivity contribution in [3.05, 3.63) is 56.5 Å². The fourth-order valence-corrected chi connectivity index (χ4v) is 5.84. The molecule has 152 valence electrons. The highest BCUT2D eigenvalue weighted by atomic mass is 79.9. The summed E-state index contributed by atoms with van der Waals surface area (Å²) in [5.74, 6) is 0.0593. The van der Waals surface area contributed by atoms with Crippen LogP contribution in [-0.2, 0) is 10.3 Å². The van der Waals surface area contributed by atoms with E-state index in [1.54, 1.807) is 12.1 Å². The van der Waals surface area contributed by atoms with Crippen molar-refractivity contribution in [2.75, 3.05) is 24.3 Å². The van der Waals surface area contributed by atoms with Gasteiger partial charge in [0.05, 0.1) is 11.1 Å². The summed E-state index contributed by atoms with van der Waals surface area (Å²) in [5, 5.41) is 3.21. The van der Waals surface area contributed by atoms with E-state index in [0.29, 0.717) is 27.5 Å². The molecule has 29 heavy (non-hydrogen) atoms. The minimum atomic E-state index is -0.880. The number of rotatable bonds is 3. The lowest BCUT2D eigenvalue weighted by Gasteiger charge is -2.43. The maximum absolute atomic E-state index is 14.9. The maximum atomic E-state index is 14.9. The van der Waals surface area contributed by atoms with Gasteiger partial charge in [-0.2, -0.15) is 0 Å². The number of nitrogens with one attached hydrogen (secondary N) is 1. The van der Waals surface area contributed by atoms with Crippen molar-refractivity contribution in [1.82, 2.24) is 4.98 Å². The van der Waals surface area contributed by atoms with E-state index in [-0.39, 0.29) is 18.2 Å². The van der Waals surface area contributed by atoms with Crippen LogP contribution in [0.3, 0.4) is 0 Å². The molecule has 1 fully saturated rings. The molecule has 2 atom stereocenters. The van der Waals surface area contributed by atoms with Crippen LogP contribution >= 0.6 is 43.6 Å². The highest BCUT2D eigenvalue weighted by Gasteiger charge is 2.47. The number of pyridine rings is 1. The molecule has 2 unspecified atom stereocenters. The third-order valence-electron chi connectivity index (χ3n) is 5.06. The number of thioether (sulfide) groups is 1. The fourth-order valence-electron chi connectivity index (χ4n) is 3.63. The van der Waals surface area contributed by atoms with E-state index in [2.05, 4.69) is 47.2 Å². The molecule has 0 radical (unpaired) electrons. The van der Waals surface area contributed by atoms with Crippen molar-refractivity contribution in [1.29, 1.82) is 0 Å². The largest absolute Gasteiger partial charge is 0.379 e. The lowest BCUT2D eigenvalue weighted by Crippen LogP contribution is -2.48. The zero-order valence-electron chi connectivity index (χ0n) is 15.1. The lowest BCUT2D eigenvalue weighted by molar-refractivity contribution is 0.00304. The molecule has 0 saturated carbocycles. The van der Waals surface area contributed by atoms with Gasteiger partial charge in [-0.05, 0) is 62.5 Å². The summed E-state index contributed by atoms with van der Waals surface area (Å²) >= 11 is 8.13. The van der Waals surface area contributed by atoms with Crippen LogP contribution in [-0.4, -0.2) is 35.0 Å². The van der Waals surface area contributed by atoms with Crippen molar-refractivity contribution in [2.24, 2.45) is 16.6 Å². The van der Waals surface area contributed by atoms with Gasteiger partial charge in [-0.1, -0.05) is 11.8 Å². The van der Waals surface area contributed by atoms with Crippen LogP contribution in [0, 0.1) is 11.7 Å². The first-order valence-electron chi connectivity index (χ1n) is 8.87. The second kappa shape index (κ2) is 8.33. The van der Waals surface area contributed by atoms with Gasteiger partial charge in [0.15, 0.2) is 5.17 Å². The van der Waals surface area contributed by atoms with Gasteiger partial charge in [0, 0.05) is 40.2 Å². The predicted molar refractivity (Wildman–Crippen MR) is 119 cm³/mol. The number of benzene rings is 1. The second-order valence-corrected chi connectivity index (χ2v) is 9.67. The number of ether oxygens (including phenoxy) is 1. The van der Waals surface area contributed by atoms with Crippen molar-refractivity contribution in [2.45, 2.75) is 12.0 Å². The molecule has 4 rings (SSSR count). The molecule has 1 saturated heterocycles. The van der Waals surface area contributed by atoms with Crippen LogP contribution < -0.4 is 11.1 Å². The lowest BCUT2D eigenvalue weighted by atomic mass is 9.76. The van der Waals surface area contributed by atoms with Gasteiger partial charge in [-0.25, -0.2) is 14.4 Å². The Morgan fingerprint density at radius 3 is 3.00 bits per heavy atom. The molecule has 2 aliphatic rings. The quantitative estimate of drug-likeness (QED) is 0.602. The van der Waals surface area contributed by atoms with Crippen LogP contribution in [0.5, 0.6) is 0 Å². The fraction of sp³-hybridized carbons (Fsp3) is 0.316. The Balaban J connectivity index is 1.69. The molecule has 3 heterocycles. The molecule has 0 spiro atoms. The Bertz CT molecular complexity index is 1010. The summed E-state index contributed by atoms with van der Waals surface area (Å²) in [7, 11) is 0. The Morgan fingerprint density at radius 1 is 1.38 bits per heavy atom. The Labute approximate surface area is 188 Å². The number of amidine groups is 1. The van der Waals surface area contributed by atoms with E-state index in [1.807, 2.05) is 0 Å². The third-order valence-corrected chi connectivity index (χ3v) is 7.06. The smallest absolute Gasteiger partial charge is 0.275 e. The maximum Gasteiger partial charge on any atom is 0.275 e. The number of hydrogen-bond donors (Lipinski definition) is 2. The average molecular weight is 544 g/mol. The summed E-state index contributed by atoms with van der Waals surface area (Å²) in [6, 6.07) is 6.21. The topological polar surface area (TPSA) is 89.6 Å². The monoisotopic (exact) mass is 542 g/mol. The molecule has 1 aromatic heterocycles. The first kappa shape index (κ1) is 20.8. The van der Waals surface area contributed by atoms with E-state index >= 15 is 0 Å². The normalized spacial score (nSPS) is 23.8. The van der Waals surface area contributed by atoms with Crippen molar-refractivity contribution >= 4 is 60.4 Å². The van der Waals surface area contributed by atoms with E-state index < -0.39 is 17.3 Å². The Hall–Kier alpha value is -1.49. The second-order valence-electron chi connectivity index (χ2n) is 6.86. The first-order chi connectivity index (χ1) is 13.9. The minimum absolute atomic E-state index is 0.108. The highest BCUT2D eigenvalue weighted by Crippen LogP contribution is 2.45. The molecule has 2 aliphatic heterocycles. The van der Waals surface area contributed by atoms with Gasteiger partial charge >= 0.3 is 0 Å². The summed E-state index contributed by atoms with van der Waals surface area (Å²) in [4.78, 5) is 21.4. The number of aliphatic imine (C=N–C) groups is 1. The van der Waals surface area contributed by atoms with Crippen molar-refractivity contribution in [3.63, 3.8) is 0 Å². The zero-order valence-corrected chi connectivity index (χ0v) is 19.1. The standard InChI is InChI=1S/C19H17Br2FN4O2S/c20-11-5-14(21)16(24-7-11)17(27)25-12-1-2-15(22)13(6-12)19-9-28-4-3-10(19)8-29-18(23)26-19/h1-2,5-7,10H,3-4,8-9H2,(H2,23,26)(H,25,27). The highest BCUT2D eigenvalue weighted by molar-refractivity contribution is 9.11. The molecule has 0 bridgehead atoms. The van der Waals surface area contributed by atoms with Gasteiger partial charge in [0.1, 0.15) is 17.1 Å². The van der Waals surface area contributed by atoms with E-state index in [4.69, 9.17) is 10.5 Å². The van der Waals surface area contributed by atoms with Crippen LogP contribution in [0.25, 0.3) is 0 Å². The number of nitrogens with zero attached hydrogens (tertiary/aromatic N) is 2. The van der Waals surface area contributed by atoms with Crippen molar-refractivity contribution < 1.29 is 13.9 Å². The van der Waals surface area contributed by atoms with Gasteiger partial charge < -0.3 is 15.8 Å². The molecule has 10 heteroatoms. The SMILES string of the molecule is NC1=NC2(c3cc(NC(=O)c4ncc(Br)cc4Br)ccc3F)COCCC2CS1. The summed E-state index contributed by atoms with van der Waals surface area (Å²) < 4.78 is 21.9. The minimum Gasteiger partial charge on any atom is -0.379 e. The molecule has 2 aromatic rings. The molecule has 3 N–H and O–H groups in total. The van der Waals surface area contributed by atoms with Crippen LogP contribution in [0.1, 0.15) is 22.5 Å². The van der Waals surface area contributed by atoms with E-state index in [9.17, 15) is 9.18 Å². The van der Waals surface area contributed by atoms with Crippen LogP contribution in [0.2, 0.25) is 0 Å². The van der Waals surface area contributed by atoms with E-state index in [1.165, 1.54) is 30.1 Å². The number of fused-ring (bicyclic) bond motifs is 1. The van der Waals surface area contributed by atoms with Crippen LogP contribution in [0.15, 0.2) is 44.4 Å². The number of carbonyl (C=O) groups is 1. The number of anilines is 1. The number of hydrogen-bond acceptors (Lipinski definition) is 6. The predicted octanol–water partition coefficient (Wildman–Crippen LogP) is 4.29.